The number of primary amides is 1. The first-order valence-electron chi connectivity index (χ1n) is 21.0. The molecule has 19 nitrogen and oxygen atoms in total. The molecular weight excluding hydrogens is 1010 g/mol. The zero-order valence-electron chi connectivity index (χ0n) is 40.4. The summed E-state index contributed by atoms with van der Waals surface area (Å²) in [5.74, 6) is -3.50. The van der Waals surface area contributed by atoms with Gasteiger partial charge in [0, 0.05) is 109 Å². The number of halogens is 2. The maximum absolute atomic E-state index is 15.6. The van der Waals surface area contributed by atoms with E-state index in [9.17, 15) is 34.3 Å². The summed E-state index contributed by atoms with van der Waals surface area (Å²) in [5.41, 5.74) is 5.84. The van der Waals surface area contributed by atoms with Crippen LogP contribution in [0, 0.1) is 36.8 Å². The Bertz CT molecular complexity index is 3080. The van der Waals surface area contributed by atoms with Crippen molar-refractivity contribution in [3.05, 3.63) is 91.8 Å². The topological polar surface area (TPSA) is 269 Å². The van der Waals surface area contributed by atoms with Gasteiger partial charge < -0.3 is 43.3 Å². The van der Waals surface area contributed by atoms with Crippen LogP contribution in [0.15, 0.2) is 46.8 Å². The van der Waals surface area contributed by atoms with Crippen LogP contribution in [0.1, 0.15) is 27.0 Å². The Morgan fingerprint density at radius 3 is 1.58 bits per heavy atom. The number of fused-ring (bicyclic) bond motifs is 2. The fourth-order valence-electron chi connectivity index (χ4n) is 7.03. The number of ether oxygens (including phenoxy) is 3. The zero-order valence-corrected chi connectivity index (χ0v) is 45.2. The Labute approximate surface area is 422 Å². The second kappa shape index (κ2) is 23.6. The second-order valence-corrected chi connectivity index (χ2v) is 29.5. The molecule has 4 heterocycles. The van der Waals surface area contributed by atoms with Gasteiger partial charge in [0.25, 0.3) is 17.0 Å². The largest absolute Gasteiger partial charge is 0.493 e. The monoisotopic (exact) mass is 1070 g/mol. The molecule has 6 rings (SSSR count). The van der Waals surface area contributed by atoms with Crippen molar-refractivity contribution in [2.75, 3.05) is 20.3 Å². The van der Waals surface area contributed by atoms with Crippen molar-refractivity contribution >= 4 is 56.1 Å². The van der Waals surface area contributed by atoms with E-state index in [4.69, 9.17) is 30.5 Å². The SMILES string of the molecule is COC(=O)Cn1cc(-c2cc(C#N)c(OCC[Si](C)(C)C)c(C)c2F)c2c(=O)n(C)cnc21.Cc1c(F)c(-c2cn(CC(=O)O)c3ncn(C)c(=O)c23)cc(C(N)=O)c1OCC[Si](C)(C)C.OO.[Y]. The van der Waals surface area contributed by atoms with Crippen molar-refractivity contribution in [1.82, 2.24) is 28.2 Å². The third-order valence-electron chi connectivity index (χ3n) is 10.7. The summed E-state index contributed by atoms with van der Waals surface area (Å²) in [4.78, 5) is 69.6. The maximum atomic E-state index is 15.6. The van der Waals surface area contributed by atoms with Crippen molar-refractivity contribution < 1.29 is 85.7 Å². The minimum atomic E-state index is -1.43. The summed E-state index contributed by atoms with van der Waals surface area (Å²) in [6.45, 7) is 16.2. The Morgan fingerprint density at radius 2 is 1.17 bits per heavy atom. The van der Waals surface area contributed by atoms with Crippen LogP contribution in [-0.2, 0) is 74.2 Å². The summed E-state index contributed by atoms with van der Waals surface area (Å²) >= 11 is 0. The van der Waals surface area contributed by atoms with E-state index in [2.05, 4.69) is 55.3 Å². The van der Waals surface area contributed by atoms with Gasteiger partial charge in [-0.25, -0.2) is 18.7 Å². The molecule has 2 aromatic carbocycles. The molecular formula is C45H56F2N8O11Si2Y. The number of aryl methyl sites for hydroxylation is 2. The fourth-order valence-corrected chi connectivity index (χ4v) is 8.46. The van der Waals surface area contributed by atoms with Gasteiger partial charge in [-0.3, -0.25) is 34.5 Å². The number of carbonyl (C=O) groups is 3. The van der Waals surface area contributed by atoms with E-state index in [1.54, 1.807) is 6.92 Å². The molecule has 0 saturated heterocycles. The predicted octanol–water partition coefficient (Wildman–Crippen LogP) is 6.38. The molecule has 0 bridgehead atoms. The van der Waals surface area contributed by atoms with Crippen molar-refractivity contribution in [3.63, 3.8) is 0 Å². The van der Waals surface area contributed by atoms with E-state index >= 15 is 8.78 Å². The fraction of sp³-hybridized carbons (Fsp3) is 0.378. The molecule has 0 spiro atoms. The van der Waals surface area contributed by atoms with Gasteiger partial charge in [-0.2, -0.15) is 5.26 Å². The first-order valence-corrected chi connectivity index (χ1v) is 28.4. The number of carboxylic acid groups (broad SMARTS) is 1. The van der Waals surface area contributed by atoms with E-state index in [0.29, 0.717) is 13.2 Å². The Kier molecular flexibility index (Phi) is 19.6. The van der Waals surface area contributed by atoms with E-state index in [-0.39, 0.29) is 117 Å². The van der Waals surface area contributed by atoms with Crippen molar-refractivity contribution in [2.24, 2.45) is 19.8 Å². The number of carbonyl (C=O) groups excluding carboxylic acids is 2. The number of nitriles is 1. The minimum Gasteiger partial charge on any atom is -0.493 e. The predicted molar refractivity (Wildman–Crippen MR) is 256 cm³/mol. The van der Waals surface area contributed by atoms with Gasteiger partial charge in [-0.1, -0.05) is 39.3 Å². The molecule has 0 fully saturated rings. The number of esters is 1. The molecule has 1 amide bonds. The van der Waals surface area contributed by atoms with Gasteiger partial charge in [0.1, 0.15) is 53.6 Å². The third-order valence-corrected chi connectivity index (χ3v) is 14.2. The summed E-state index contributed by atoms with van der Waals surface area (Å²) in [5, 5.41) is 31.2. The Balaban J connectivity index is 0.000000348. The van der Waals surface area contributed by atoms with Crippen LogP contribution in [0.2, 0.25) is 51.4 Å². The van der Waals surface area contributed by atoms with Crippen LogP contribution in [0.4, 0.5) is 8.78 Å². The van der Waals surface area contributed by atoms with Crippen LogP contribution in [-0.4, -0.2) is 98.2 Å². The van der Waals surface area contributed by atoms with E-state index in [1.807, 2.05) is 0 Å². The molecule has 69 heavy (non-hydrogen) atoms. The number of hydrogen-bond donors (Lipinski definition) is 4. The average molecular weight is 1070 g/mol. The Hall–Kier alpha value is -5.90. The van der Waals surface area contributed by atoms with E-state index in [0.717, 1.165) is 12.1 Å². The third kappa shape index (κ3) is 13.3. The van der Waals surface area contributed by atoms with Crippen LogP contribution in [0.25, 0.3) is 44.3 Å². The molecule has 4 aromatic heterocycles. The number of methoxy groups -OCH3 is 1. The quantitative estimate of drug-likeness (QED) is 0.0377. The van der Waals surface area contributed by atoms with Crippen LogP contribution in [0.5, 0.6) is 11.5 Å². The first kappa shape index (κ1) is 57.4. The summed E-state index contributed by atoms with van der Waals surface area (Å²) in [6, 6.07) is 6.39. The van der Waals surface area contributed by atoms with Crippen molar-refractivity contribution in [1.29, 1.82) is 5.26 Å². The number of aliphatic carboxylic acids is 1. The molecule has 5 N–H and O–H groups in total. The Morgan fingerprint density at radius 1 is 0.754 bits per heavy atom. The number of rotatable bonds is 15. The van der Waals surface area contributed by atoms with Crippen molar-refractivity contribution in [2.45, 2.75) is 78.3 Å². The van der Waals surface area contributed by atoms with Gasteiger partial charge in [0.15, 0.2) is 0 Å². The maximum Gasteiger partial charge on any atom is 0.325 e. The normalized spacial score (nSPS) is 11.2. The number of amides is 1. The van der Waals surface area contributed by atoms with E-state index in [1.165, 1.54) is 83.6 Å². The number of benzene rings is 2. The van der Waals surface area contributed by atoms with Crippen LogP contribution < -0.4 is 26.3 Å². The zero-order chi connectivity index (χ0) is 51.2. The first-order chi connectivity index (χ1) is 31.8. The number of hydrogen-bond acceptors (Lipinski definition) is 13. The number of aromatic nitrogens is 6. The average Bonchev–Trinajstić information content (AvgIpc) is 3.81. The molecule has 1 radical (unpaired) electrons. The molecule has 0 aliphatic rings. The summed E-state index contributed by atoms with van der Waals surface area (Å²) in [7, 11) is 1.47. The van der Waals surface area contributed by atoms with Gasteiger partial charge in [0.05, 0.1) is 54.9 Å². The van der Waals surface area contributed by atoms with Crippen LogP contribution >= 0.6 is 0 Å². The van der Waals surface area contributed by atoms with Crippen LogP contribution in [0.3, 0.4) is 0 Å². The number of nitrogens with two attached hydrogens (primary N) is 1. The standard InChI is InChI=1S/C23H27FN4O4Si.C22H27FN4O5Si.H2O2.Y/c1-14-20(24)16(9-15(10-25)21(14)32-7-8-33(4,5)6)17-11-28(12-18(29)31-3)22-19(17)23(30)27(2)13-26-22;1-12-18(23)13(8-14(20(24)30)19(12)32-6-7-33(3,4)5)15-9-27(10-16(28)29)21-17(15)22(31)26(2)11-25-21;1-2;/h9,11,13H,7-8,12H2,1-6H3;8-9,11H,6-7,10H2,1-5H3,(H2,24,30)(H,28,29);1-2H;. The summed E-state index contributed by atoms with van der Waals surface area (Å²) in [6.07, 6.45) is 5.43. The number of nitrogens with zero attached hydrogens (tertiary/aromatic N) is 7. The molecule has 0 saturated carbocycles. The second-order valence-electron chi connectivity index (χ2n) is 18.3. The molecule has 6 aromatic rings. The van der Waals surface area contributed by atoms with Gasteiger partial charge in [0.2, 0.25) is 0 Å². The van der Waals surface area contributed by atoms with Gasteiger partial charge in [-0.05, 0) is 38.1 Å². The minimum absolute atomic E-state index is 0. The van der Waals surface area contributed by atoms with Gasteiger partial charge in [-0.15, -0.1) is 0 Å². The van der Waals surface area contributed by atoms with Gasteiger partial charge >= 0.3 is 11.9 Å². The number of carboxylic acids is 1. The molecule has 0 aliphatic heterocycles. The molecule has 367 valence electrons. The molecule has 0 aliphatic carbocycles. The molecule has 24 heteroatoms. The summed E-state index contributed by atoms with van der Waals surface area (Å²) < 4.78 is 52.8. The van der Waals surface area contributed by atoms with Crippen molar-refractivity contribution in [3.8, 4) is 39.8 Å². The smallest absolute Gasteiger partial charge is 0.325 e. The molecule has 0 unspecified atom stereocenters. The molecule has 0 atom stereocenters. The van der Waals surface area contributed by atoms with E-state index < -0.39 is 63.3 Å².